The second-order valence-corrected chi connectivity index (χ2v) is 6.18. The SMILES string of the molecule is FC(F)(F)c1cccc(CN2CCCNC(C3CC3)C2)c1. The zero-order chi connectivity index (χ0) is 14.9. The highest BCUT2D eigenvalue weighted by atomic mass is 19.4. The molecule has 2 nitrogen and oxygen atoms in total. The van der Waals surface area contributed by atoms with E-state index in [1.165, 1.54) is 25.0 Å². The zero-order valence-corrected chi connectivity index (χ0v) is 12.0. The van der Waals surface area contributed by atoms with Crippen LogP contribution in [0.1, 0.15) is 30.4 Å². The minimum Gasteiger partial charge on any atom is -0.312 e. The first-order valence-corrected chi connectivity index (χ1v) is 7.64. The Morgan fingerprint density at radius 1 is 1.24 bits per heavy atom. The van der Waals surface area contributed by atoms with Crippen LogP contribution in [0.2, 0.25) is 0 Å². The van der Waals surface area contributed by atoms with E-state index in [9.17, 15) is 13.2 Å². The van der Waals surface area contributed by atoms with Gasteiger partial charge in [-0.1, -0.05) is 18.2 Å². The molecule has 1 aliphatic heterocycles. The van der Waals surface area contributed by atoms with Gasteiger partial charge in [0, 0.05) is 19.1 Å². The van der Waals surface area contributed by atoms with Crippen LogP contribution < -0.4 is 5.32 Å². The molecule has 1 N–H and O–H groups in total. The predicted octanol–water partition coefficient (Wildman–Crippen LogP) is 3.28. The smallest absolute Gasteiger partial charge is 0.312 e. The van der Waals surface area contributed by atoms with Crippen LogP contribution in [0.5, 0.6) is 0 Å². The van der Waals surface area contributed by atoms with Crippen molar-refractivity contribution in [2.45, 2.75) is 38.0 Å². The molecule has 1 aliphatic carbocycles. The number of benzene rings is 1. The first-order chi connectivity index (χ1) is 10.0. The van der Waals surface area contributed by atoms with Gasteiger partial charge < -0.3 is 5.32 Å². The number of nitrogens with one attached hydrogen (secondary N) is 1. The third-order valence-electron chi connectivity index (χ3n) is 4.36. The van der Waals surface area contributed by atoms with Crippen LogP contribution in [-0.2, 0) is 12.7 Å². The highest BCUT2D eigenvalue weighted by Gasteiger charge is 2.33. The van der Waals surface area contributed by atoms with Crippen LogP contribution in [0, 0.1) is 5.92 Å². The molecule has 21 heavy (non-hydrogen) atoms. The number of halogens is 3. The van der Waals surface area contributed by atoms with Crippen LogP contribution >= 0.6 is 0 Å². The van der Waals surface area contributed by atoms with Crippen molar-refractivity contribution in [2.24, 2.45) is 5.92 Å². The molecule has 0 amide bonds. The largest absolute Gasteiger partial charge is 0.416 e. The van der Waals surface area contributed by atoms with Crippen LogP contribution in [0.15, 0.2) is 24.3 Å². The summed E-state index contributed by atoms with van der Waals surface area (Å²) in [4.78, 5) is 2.29. The Labute approximate surface area is 123 Å². The minimum atomic E-state index is -4.26. The lowest BCUT2D eigenvalue weighted by Crippen LogP contribution is -2.38. The summed E-state index contributed by atoms with van der Waals surface area (Å²) in [5.74, 6) is 0.770. The Hall–Kier alpha value is -1.07. The van der Waals surface area contributed by atoms with E-state index in [0.717, 1.165) is 43.6 Å². The first kappa shape index (κ1) is 14.9. The molecule has 5 heteroatoms. The number of nitrogens with zero attached hydrogens (tertiary/aromatic N) is 1. The maximum Gasteiger partial charge on any atom is 0.416 e. The molecule has 116 valence electrons. The van der Waals surface area contributed by atoms with Crippen molar-refractivity contribution in [2.75, 3.05) is 19.6 Å². The average Bonchev–Trinajstić information content (AvgIpc) is 3.24. The molecule has 1 atom stereocenters. The zero-order valence-electron chi connectivity index (χ0n) is 12.0. The number of alkyl halides is 3. The quantitative estimate of drug-likeness (QED) is 0.921. The van der Waals surface area contributed by atoms with Crippen LogP contribution in [-0.4, -0.2) is 30.6 Å². The maximum atomic E-state index is 12.8. The van der Waals surface area contributed by atoms with Gasteiger partial charge in [-0.3, -0.25) is 4.90 Å². The maximum absolute atomic E-state index is 12.8. The van der Waals surface area contributed by atoms with E-state index < -0.39 is 11.7 Å². The summed E-state index contributed by atoms with van der Waals surface area (Å²) < 4.78 is 38.3. The molecule has 2 fully saturated rings. The van der Waals surface area contributed by atoms with E-state index in [0.29, 0.717) is 12.6 Å². The van der Waals surface area contributed by atoms with Gasteiger partial charge in [-0.2, -0.15) is 13.2 Å². The summed E-state index contributed by atoms with van der Waals surface area (Å²) in [5, 5.41) is 3.57. The summed E-state index contributed by atoms with van der Waals surface area (Å²) >= 11 is 0. The van der Waals surface area contributed by atoms with Gasteiger partial charge in [-0.05, 0) is 49.9 Å². The summed E-state index contributed by atoms with van der Waals surface area (Å²) in [5.41, 5.74) is 0.202. The van der Waals surface area contributed by atoms with Crippen LogP contribution in [0.4, 0.5) is 13.2 Å². The average molecular weight is 298 g/mol. The molecular weight excluding hydrogens is 277 g/mol. The first-order valence-electron chi connectivity index (χ1n) is 7.64. The third-order valence-corrected chi connectivity index (χ3v) is 4.36. The molecular formula is C16H21F3N2. The lowest BCUT2D eigenvalue weighted by Gasteiger charge is -2.24. The Balaban J connectivity index is 1.67. The minimum absolute atomic E-state index is 0.512. The highest BCUT2D eigenvalue weighted by molar-refractivity contribution is 5.25. The van der Waals surface area contributed by atoms with Gasteiger partial charge in [0.15, 0.2) is 0 Å². The van der Waals surface area contributed by atoms with E-state index in [1.807, 2.05) is 0 Å². The normalized spacial score (nSPS) is 24.8. The van der Waals surface area contributed by atoms with E-state index >= 15 is 0 Å². The highest BCUT2D eigenvalue weighted by Crippen LogP contribution is 2.34. The summed E-state index contributed by atoms with van der Waals surface area (Å²) in [6.45, 7) is 3.52. The van der Waals surface area contributed by atoms with E-state index in [-0.39, 0.29) is 0 Å². The molecule has 0 spiro atoms. The van der Waals surface area contributed by atoms with Gasteiger partial charge >= 0.3 is 6.18 Å². The van der Waals surface area contributed by atoms with E-state index in [2.05, 4.69) is 10.2 Å². The molecule has 2 aliphatic rings. The van der Waals surface area contributed by atoms with Gasteiger partial charge in [-0.15, -0.1) is 0 Å². The summed E-state index contributed by atoms with van der Waals surface area (Å²) in [7, 11) is 0. The van der Waals surface area contributed by atoms with Crippen molar-refractivity contribution in [3.05, 3.63) is 35.4 Å². The van der Waals surface area contributed by atoms with Gasteiger partial charge in [0.05, 0.1) is 5.56 Å². The number of rotatable bonds is 3. The molecule has 1 unspecified atom stereocenters. The van der Waals surface area contributed by atoms with Gasteiger partial charge in [-0.25, -0.2) is 0 Å². The lowest BCUT2D eigenvalue weighted by atomic mass is 10.1. The molecule has 1 aromatic carbocycles. The molecule has 1 heterocycles. The topological polar surface area (TPSA) is 15.3 Å². The van der Waals surface area contributed by atoms with Crippen LogP contribution in [0.3, 0.4) is 0 Å². The van der Waals surface area contributed by atoms with Crippen molar-refractivity contribution in [1.29, 1.82) is 0 Å². The molecule has 0 radical (unpaired) electrons. The second kappa shape index (κ2) is 5.97. The second-order valence-electron chi connectivity index (χ2n) is 6.18. The van der Waals surface area contributed by atoms with Crippen LogP contribution in [0.25, 0.3) is 0 Å². The third kappa shape index (κ3) is 3.98. The van der Waals surface area contributed by atoms with Crippen molar-refractivity contribution < 1.29 is 13.2 Å². The van der Waals surface area contributed by atoms with E-state index in [4.69, 9.17) is 0 Å². The fourth-order valence-electron chi connectivity index (χ4n) is 3.09. The molecule has 1 saturated heterocycles. The monoisotopic (exact) mass is 298 g/mol. The molecule has 1 aromatic rings. The molecule has 0 aromatic heterocycles. The lowest BCUT2D eigenvalue weighted by molar-refractivity contribution is -0.137. The molecule has 3 rings (SSSR count). The number of hydrogen-bond acceptors (Lipinski definition) is 2. The fraction of sp³-hybridized carbons (Fsp3) is 0.625. The van der Waals surface area contributed by atoms with Gasteiger partial charge in [0.1, 0.15) is 0 Å². The van der Waals surface area contributed by atoms with E-state index in [1.54, 1.807) is 6.07 Å². The predicted molar refractivity (Wildman–Crippen MR) is 75.9 cm³/mol. The fourth-order valence-corrected chi connectivity index (χ4v) is 3.09. The van der Waals surface area contributed by atoms with Crippen molar-refractivity contribution in [3.8, 4) is 0 Å². The Bertz CT molecular complexity index is 483. The summed E-state index contributed by atoms with van der Waals surface area (Å²) in [6, 6.07) is 6.23. The molecule has 1 saturated carbocycles. The Morgan fingerprint density at radius 2 is 2.05 bits per heavy atom. The van der Waals surface area contributed by atoms with Gasteiger partial charge in [0.2, 0.25) is 0 Å². The van der Waals surface area contributed by atoms with Crippen molar-refractivity contribution in [3.63, 3.8) is 0 Å². The molecule has 0 bridgehead atoms. The summed E-state index contributed by atoms with van der Waals surface area (Å²) in [6.07, 6.45) is -0.626. The Morgan fingerprint density at radius 3 is 2.76 bits per heavy atom. The van der Waals surface area contributed by atoms with Gasteiger partial charge in [0.25, 0.3) is 0 Å². The Kier molecular flexibility index (Phi) is 4.22. The number of hydrogen-bond donors (Lipinski definition) is 1. The van der Waals surface area contributed by atoms with Crippen molar-refractivity contribution >= 4 is 0 Å². The van der Waals surface area contributed by atoms with Crippen molar-refractivity contribution in [1.82, 2.24) is 10.2 Å². The standard InChI is InChI=1S/C16H21F3N2/c17-16(18,19)14-4-1-3-12(9-14)10-21-8-2-7-20-15(11-21)13-5-6-13/h1,3-4,9,13,15,20H,2,5-8,10-11H2.